The summed E-state index contributed by atoms with van der Waals surface area (Å²) >= 11 is 3.48. The van der Waals surface area contributed by atoms with E-state index in [1.54, 1.807) is 6.07 Å². The Hall–Kier alpha value is -1.19. The topological polar surface area (TPSA) is 12.0 Å². The van der Waals surface area contributed by atoms with Crippen molar-refractivity contribution in [2.75, 3.05) is 6.54 Å². The smallest absolute Gasteiger partial charge is 0.124 e. The second-order valence-electron chi connectivity index (χ2n) is 5.61. The molecule has 3 rings (SSSR count). The van der Waals surface area contributed by atoms with Crippen LogP contribution >= 0.6 is 15.9 Å². The minimum Gasteiger partial charge on any atom is -0.313 e. The van der Waals surface area contributed by atoms with Gasteiger partial charge in [0.1, 0.15) is 5.82 Å². The van der Waals surface area contributed by atoms with Crippen LogP contribution in [0.2, 0.25) is 0 Å². The van der Waals surface area contributed by atoms with E-state index in [0.29, 0.717) is 12.0 Å². The first-order chi connectivity index (χ1) is 10.2. The Kier molecular flexibility index (Phi) is 4.41. The second-order valence-corrected chi connectivity index (χ2v) is 6.47. The van der Waals surface area contributed by atoms with Crippen LogP contribution in [0.1, 0.15) is 29.5 Å². The SMILES string of the molecule is CCNC(Cc1ccc(F)cc1Br)C1Cc2ccccc21. The summed E-state index contributed by atoms with van der Waals surface area (Å²) in [6.45, 7) is 3.08. The number of nitrogens with one attached hydrogen (secondary N) is 1. The van der Waals surface area contributed by atoms with Crippen molar-refractivity contribution in [1.82, 2.24) is 5.32 Å². The molecule has 1 N–H and O–H groups in total. The van der Waals surface area contributed by atoms with E-state index < -0.39 is 0 Å². The van der Waals surface area contributed by atoms with Crippen molar-refractivity contribution in [1.29, 1.82) is 0 Å². The molecule has 0 radical (unpaired) electrons. The van der Waals surface area contributed by atoms with E-state index in [2.05, 4.69) is 52.4 Å². The molecular formula is C18H19BrFN. The molecule has 1 aliphatic carbocycles. The van der Waals surface area contributed by atoms with Crippen LogP contribution in [0.25, 0.3) is 0 Å². The summed E-state index contributed by atoms with van der Waals surface area (Å²) in [5, 5.41) is 3.60. The van der Waals surface area contributed by atoms with Crippen LogP contribution in [-0.2, 0) is 12.8 Å². The monoisotopic (exact) mass is 347 g/mol. The standard InChI is InChI=1S/C18H19BrFN/c1-2-21-18(10-13-7-8-14(20)11-17(13)19)16-9-12-5-3-4-6-15(12)16/h3-8,11,16,18,21H,2,9-10H2,1H3. The molecule has 2 atom stereocenters. The zero-order valence-electron chi connectivity index (χ0n) is 12.1. The second kappa shape index (κ2) is 6.29. The molecule has 110 valence electrons. The first-order valence-corrected chi connectivity index (χ1v) is 8.23. The van der Waals surface area contributed by atoms with Gasteiger partial charge in [0.2, 0.25) is 0 Å². The first kappa shape index (κ1) is 14.7. The Labute approximate surface area is 133 Å². The molecule has 2 aromatic carbocycles. The zero-order valence-corrected chi connectivity index (χ0v) is 13.7. The van der Waals surface area contributed by atoms with Crippen molar-refractivity contribution in [2.45, 2.75) is 31.7 Å². The van der Waals surface area contributed by atoms with Crippen molar-refractivity contribution >= 4 is 15.9 Å². The van der Waals surface area contributed by atoms with Gasteiger partial charge in [0.15, 0.2) is 0 Å². The highest BCUT2D eigenvalue weighted by Crippen LogP contribution is 2.38. The van der Waals surface area contributed by atoms with Crippen molar-refractivity contribution in [3.8, 4) is 0 Å². The fourth-order valence-electron chi connectivity index (χ4n) is 3.20. The third-order valence-corrected chi connectivity index (χ3v) is 5.04. The number of likely N-dealkylation sites (N-methyl/N-ethyl adjacent to an activating group) is 1. The minimum absolute atomic E-state index is 0.195. The average molecular weight is 348 g/mol. The van der Waals surface area contributed by atoms with Crippen LogP contribution in [0, 0.1) is 5.82 Å². The summed E-state index contributed by atoms with van der Waals surface area (Å²) in [7, 11) is 0. The molecule has 0 spiro atoms. The van der Waals surface area contributed by atoms with Gasteiger partial charge in [-0.05, 0) is 48.2 Å². The summed E-state index contributed by atoms with van der Waals surface area (Å²) in [5.41, 5.74) is 4.08. The Morgan fingerprint density at radius 3 is 2.81 bits per heavy atom. The fourth-order valence-corrected chi connectivity index (χ4v) is 3.71. The molecule has 0 bridgehead atoms. The maximum Gasteiger partial charge on any atom is 0.124 e. The normalized spacial score (nSPS) is 18.0. The third kappa shape index (κ3) is 3.04. The highest BCUT2D eigenvalue weighted by Gasteiger charge is 2.32. The highest BCUT2D eigenvalue weighted by atomic mass is 79.9. The average Bonchev–Trinajstić information content (AvgIpc) is 2.43. The van der Waals surface area contributed by atoms with Crippen LogP contribution in [0.4, 0.5) is 4.39 Å². The number of hydrogen-bond donors (Lipinski definition) is 1. The third-order valence-electron chi connectivity index (χ3n) is 4.30. The summed E-state index contributed by atoms with van der Waals surface area (Å²) < 4.78 is 14.1. The minimum atomic E-state index is -0.195. The van der Waals surface area contributed by atoms with Crippen molar-refractivity contribution in [3.05, 3.63) is 69.4 Å². The van der Waals surface area contributed by atoms with Gasteiger partial charge in [-0.2, -0.15) is 0 Å². The van der Waals surface area contributed by atoms with Crippen LogP contribution in [0.3, 0.4) is 0 Å². The molecule has 2 aromatic rings. The number of fused-ring (bicyclic) bond motifs is 1. The lowest BCUT2D eigenvalue weighted by Crippen LogP contribution is -2.41. The molecule has 0 aromatic heterocycles. The van der Waals surface area contributed by atoms with Crippen LogP contribution in [-0.4, -0.2) is 12.6 Å². The van der Waals surface area contributed by atoms with Crippen LogP contribution < -0.4 is 5.32 Å². The predicted octanol–water partition coefficient (Wildman–Crippen LogP) is 4.45. The Bertz CT molecular complexity index is 641. The van der Waals surface area contributed by atoms with Gasteiger partial charge in [0.05, 0.1) is 0 Å². The van der Waals surface area contributed by atoms with E-state index in [-0.39, 0.29) is 5.82 Å². The lowest BCUT2D eigenvalue weighted by Gasteiger charge is -2.37. The molecule has 0 saturated heterocycles. The van der Waals surface area contributed by atoms with Gasteiger partial charge in [-0.25, -0.2) is 4.39 Å². The Morgan fingerprint density at radius 1 is 1.29 bits per heavy atom. The summed E-state index contributed by atoms with van der Waals surface area (Å²) in [6, 6.07) is 14.0. The molecule has 3 heteroatoms. The first-order valence-electron chi connectivity index (χ1n) is 7.44. The summed E-state index contributed by atoms with van der Waals surface area (Å²) in [5.74, 6) is 0.359. The van der Waals surface area contributed by atoms with Gasteiger partial charge in [0.25, 0.3) is 0 Å². The Balaban J connectivity index is 1.80. The van der Waals surface area contributed by atoms with E-state index in [1.165, 1.54) is 17.2 Å². The number of hydrogen-bond acceptors (Lipinski definition) is 1. The fraction of sp³-hybridized carbons (Fsp3) is 0.333. The number of benzene rings is 2. The lowest BCUT2D eigenvalue weighted by molar-refractivity contribution is 0.404. The summed E-state index contributed by atoms with van der Waals surface area (Å²) in [6.07, 6.45) is 2.04. The van der Waals surface area contributed by atoms with E-state index in [4.69, 9.17) is 0 Å². The molecule has 1 nitrogen and oxygen atoms in total. The van der Waals surface area contributed by atoms with Gasteiger partial charge < -0.3 is 5.32 Å². The van der Waals surface area contributed by atoms with E-state index in [0.717, 1.165) is 29.4 Å². The van der Waals surface area contributed by atoms with E-state index in [9.17, 15) is 4.39 Å². The van der Waals surface area contributed by atoms with E-state index in [1.807, 2.05) is 6.07 Å². The van der Waals surface area contributed by atoms with Crippen LogP contribution in [0.5, 0.6) is 0 Å². The summed E-state index contributed by atoms with van der Waals surface area (Å²) in [4.78, 5) is 0. The predicted molar refractivity (Wildman–Crippen MR) is 88.2 cm³/mol. The molecule has 21 heavy (non-hydrogen) atoms. The molecule has 0 fully saturated rings. The van der Waals surface area contributed by atoms with E-state index >= 15 is 0 Å². The zero-order chi connectivity index (χ0) is 14.8. The molecule has 1 aliphatic rings. The number of rotatable bonds is 5. The molecular weight excluding hydrogens is 329 g/mol. The molecule has 2 unspecified atom stereocenters. The Morgan fingerprint density at radius 2 is 2.10 bits per heavy atom. The van der Waals surface area contributed by atoms with Gasteiger partial charge in [-0.15, -0.1) is 0 Å². The maximum absolute atomic E-state index is 13.2. The quantitative estimate of drug-likeness (QED) is 0.842. The molecule has 0 amide bonds. The van der Waals surface area contributed by atoms with Crippen LogP contribution in [0.15, 0.2) is 46.9 Å². The molecule has 0 aliphatic heterocycles. The van der Waals surface area contributed by atoms with Crippen molar-refractivity contribution in [3.63, 3.8) is 0 Å². The van der Waals surface area contributed by atoms with Crippen molar-refractivity contribution in [2.24, 2.45) is 0 Å². The molecule has 0 heterocycles. The molecule has 0 saturated carbocycles. The van der Waals surface area contributed by atoms with Gasteiger partial charge in [-0.3, -0.25) is 0 Å². The van der Waals surface area contributed by atoms with Gasteiger partial charge in [0, 0.05) is 16.4 Å². The van der Waals surface area contributed by atoms with Crippen molar-refractivity contribution < 1.29 is 4.39 Å². The van der Waals surface area contributed by atoms with Gasteiger partial charge >= 0.3 is 0 Å². The largest absolute Gasteiger partial charge is 0.313 e. The highest BCUT2D eigenvalue weighted by molar-refractivity contribution is 9.10. The number of halogens is 2. The van der Waals surface area contributed by atoms with Gasteiger partial charge in [-0.1, -0.05) is 53.2 Å². The lowest BCUT2D eigenvalue weighted by atomic mass is 9.72. The maximum atomic E-state index is 13.2.